The van der Waals surface area contributed by atoms with Crippen molar-refractivity contribution in [2.24, 2.45) is 0 Å². The van der Waals surface area contributed by atoms with Crippen molar-refractivity contribution in [3.8, 4) is 5.75 Å². The third kappa shape index (κ3) is 3.85. The second-order valence-corrected chi connectivity index (χ2v) is 4.70. The van der Waals surface area contributed by atoms with E-state index in [0.29, 0.717) is 12.2 Å². The summed E-state index contributed by atoms with van der Waals surface area (Å²) in [5.41, 5.74) is 1.40. The summed E-state index contributed by atoms with van der Waals surface area (Å²) in [5, 5.41) is 5.74. The highest BCUT2D eigenvalue weighted by Gasteiger charge is 2.10. The molecule has 0 aliphatic heterocycles. The molecule has 0 aliphatic carbocycles. The number of aryl methyl sites for hydroxylation is 1. The van der Waals surface area contributed by atoms with Crippen LogP contribution in [-0.2, 0) is 6.54 Å². The summed E-state index contributed by atoms with van der Waals surface area (Å²) < 4.78 is 41.4. The number of hydrogen-bond acceptors (Lipinski definition) is 4. The first kappa shape index (κ1) is 13.7. The summed E-state index contributed by atoms with van der Waals surface area (Å²) in [6.07, 6.45) is 0. The van der Waals surface area contributed by atoms with Crippen LogP contribution >= 0.6 is 11.3 Å². The normalized spacial score (nSPS) is 10.8. The van der Waals surface area contributed by atoms with E-state index in [1.54, 1.807) is 0 Å². The van der Waals surface area contributed by atoms with Gasteiger partial charge >= 0.3 is 6.61 Å². The number of alkyl halides is 2. The van der Waals surface area contributed by atoms with Crippen LogP contribution < -0.4 is 10.1 Å². The van der Waals surface area contributed by atoms with Crippen LogP contribution in [0.3, 0.4) is 0 Å². The van der Waals surface area contributed by atoms with Gasteiger partial charge in [-0.2, -0.15) is 8.78 Å². The lowest BCUT2D eigenvalue weighted by atomic mass is 10.3. The molecule has 1 aromatic carbocycles. The number of rotatable bonds is 5. The Balaban J connectivity index is 1.99. The number of anilines is 1. The molecule has 0 aliphatic rings. The Kier molecular flexibility index (Phi) is 4.26. The van der Waals surface area contributed by atoms with E-state index in [1.165, 1.54) is 17.4 Å². The fraction of sp³-hybridized carbons (Fsp3) is 0.250. The second kappa shape index (κ2) is 5.92. The van der Waals surface area contributed by atoms with Gasteiger partial charge in [-0.25, -0.2) is 9.37 Å². The van der Waals surface area contributed by atoms with Crippen LogP contribution in [0.4, 0.5) is 18.9 Å². The highest BCUT2D eigenvalue weighted by atomic mass is 32.1. The molecule has 2 rings (SSSR count). The van der Waals surface area contributed by atoms with Crippen molar-refractivity contribution in [3.05, 3.63) is 40.1 Å². The first-order valence-corrected chi connectivity index (χ1v) is 6.32. The second-order valence-electron chi connectivity index (χ2n) is 3.76. The van der Waals surface area contributed by atoms with Crippen molar-refractivity contribution in [2.75, 3.05) is 5.32 Å². The van der Waals surface area contributed by atoms with Gasteiger partial charge in [0.25, 0.3) is 0 Å². The third-order valence-electron chi connectivity index (χ3n) is 2.26. The Bertz CT molecular complexity index is 560. The zero-order valence-corrected chi connectivity index (χ0v) is 10.8. The maximum atomic E-state index is 13.4. The number of nitrogens with zero attached hydrogens (tertiary/aromatic N) is 1. The van der Waals surface area contributed by atoms with Gasteiger partial charge in [0.15, 0.2) is 11.6 Å². The van der Waals surface area contributed by atoms with Gasteiger partial charge in [-0.05, 0) is 19.1 Å². The van der Waals surface area contributed by atoms with Gasteiger partial charge in [0.05, 0.1) is 6.54 Å². The zero-order valence-electron chi connectivity index (χ0n) is 9.99. The van der Waals surface area contributed by atoms with E-state index in [-0.39, 0.29) is 0 Å². The Morgan fingerprint density at radius 1 is 1.42 bits per heavy atom. The molecule has 0 atom stereocenters. The molecule has 7 heteroatoms. The quantitative estimate of drug-likeness (QED) is 0.908. The molecule has 0 saturated heterocycles. The molecule has 0 unspecified atom stereocenters. The number of ether oxygens (including phenoxy) is 1. The Morgan fingerprint density at radius 2 is 2.21 bits per heavy atom. The monoisotopic (exact) mass is 288 g/mol. The molecule has 3 nitrogen and oxygen atoms in total. The minimum Gasteiger partial charge on any atom is -0.432 e. The Labute approximate surface area is 112 Å². The molecule has 0 radical (unpaired) electrons. The van der Waals surface area contributed by atoms with Gasteiger partial charge in [-0.1, -0.05) is 0 Å². The number of aromatic nitrogens is 1. The van der Waals surface area contributed by atoms with Crippen LogP contribution in [0.2, 0.25) is 0 Å². The predicted octanol–water partition coefficient (Wildman–Crippen LogP) is 3.80. The van der Waals surface area contributed by atoms with Crippen molar-refractivity contribution in [3.63, 3.8) is 0 Å². The standard InChI is InChI=1S/C12H11F3N2OS/c1-7-6-19-11(17-7)5-16-8-2-3-10(9(13)4-8)18-12(14)15/h2-4,6,12,16H,5H2,1H3. The van der Waals surface area contributed by atoms with Crippen molar-refractivity contribution in [1.29, 1.82) is 0 Å². The van der Waals surface area contributed by atoms with Crippen LogP contribution in [0.15, 0.2) is 23.6 Å². The van der Waals surface area contributed by atoms with Crippen LogP contribution in [-0.4, -0.2) is 11.6 Å². The van der Waals surface area contributed by atoms with E-state index in [1.807, 2.05) is 12.3 Å². The molecule has 1 N–H and O–H groups in total. The lowest BCUT2D eigenvalue weighted by Crippen LogP contribution is -2.04. The molecular weight excluding hydrogens is 277 g/mol. The van der Waals surface area contributed by atoms with Gasteiger partial charge in [0.1, 0.15) is 5.01 Å². The molecule has 0 spiro atoms. The maximum absolute atomic E-state index is 13.4. The number of thiazole rings is 1. The average molecular weight is 288 g/mol. The topological polar surface area (TPSA) is 34.1 Å². The molecule has 19 heavy (non-hydrogen) atoms. The molecule has 102 valence electrons. The molecule has 1 heterocycles. The van der Waals surface area contributed by atoms with Crippen molar-refractivity contribution in [1.82, 2.24) is 4.98 Å². The SMILES string of the molecule is Cc1csc(CNc2ccc(OC(F)F)c(F)c2)n1. The van der Waals surface area contributed by atoms with Gasteiger partial charge in [0, 0.05) is 22.8 Å². The molecule has 2 aromatic rings. The van der Waals surface area contributed by atoms with Gasteiger partial charge in [-0.15, -0.1) is 11.3 Å². The number of benzene rings is 1. The fourth-order valence-corrected chi connectivity index (χ4v) is 2.18. The largest absolute Gasteiger partial charge is 0.432 e. The van der Waals surface area contributed by atoms with E-state index >= 15 is 0 Å². The summed E-state index contributed by atoms with van der Waals surface area (Å²) >= 11 is 1.49. The highest BCUT2D eigenvalue weighted by molar-refractivity contribution is 7.09. The van der Waals surface area contributed by atoms with Gasteiger partial charge in [-0.3, -0.25) is 0 Å². The zero-order chi connectivity index (χ0) is 13.8. The number of nitrogens with one attached hydrogen (secondary N) is 1. The smallest absolute Gasteiger partial charge is 0.387 e. The molecule has 0 fully saturated rings. The molecular formula is C12H11F3N2OS. The number of hydrogen-bond donors (Lipinski definition) is 1. The van der Waals surface area contributed by atoms with E-state index in [0.717, 1.165) is 22.8 Å². The maximum Gasteiger partial charge on any atom is 0.387 e. The van der Waals surface area contributed by atoms with Gasteiger partial charge < -0.3 is 10.1 Å². The molecule has 0 bridgehead atoms. The van der Waals surface area contributed by atoms with Crippen LogP contribution in [0.5, 0.6) is 5.75 Å². The van der Waals surface area contributed by atoms with Crippen molar-refractivity contribution in [2.45, 2.75) is 20.1 Å². The molecule has 0 saturated carbocycles. The van der Waals surface area contributed by atoms with Gasteiger partial charge in [0.2, 0.25) is 0 Å². The highest BCUT2D eigenvalue weighted by Crippen LogP contribution is 2.23. The summed E-state index contributed by atoms with van der Waals surface area (Å²) in [7, 11) is 0. The van der Waals surface area contributed by atoms with E-state index in [9.17, 15) is 13.2 Å². The molecule has 1 aromatic heterocycles. The third-order valence-corrected chi connectivity index (χ3v) is 3.22. The van der Waals surface area contributed by atoms with E-state index in [4.69, 9.17) is 0 Å². The number of halogens is 3. The minimum absolute atomic E-state index is 0.451. The van der Waals surface area contributed by atoms with E-state index in [2.05, 4.69) is 15.0 Å². The van der Waals surface area contributed by atoms with Crippen LogP contribution in [0.1, 0.15) is 10.7 Å². The van der Waals surface area contributed by atoms with Crippen LogP contribution in [0, 0.1) is 12.7 Å². The Hall–Kier alpha value is -1.76. The molecule has 0 amide bonds. The van der Waals surface area contributed by atoms with E-state index < -0.39 is 18.2 Å². The van der Waals surface area contributed by atoms with Crippen LogP contribution in [0.25, 0.3) is 0 Å². The first-order valence-electron chi connectivity index (χ1n) is 5.44. The predicted molar refractivity (Wildman–Crippen MR) is 67.2 cm³/mol. The first-order chi connectivity index (χ1) is 9.04. The average Bonchev–Trinajstić information content (AvgIpc) is 2.75. The Morgan fingerprint density at radius 3 is 2.79 bits per heavy atom. The minimum atomic E-state index is -3.04. The lowest BCUT2D eigenvalue weighted by molar-refractivity contribution is -0.0521. The summed E-state index contributed by atoms with van der Waals surface area (Å²) in [4.78, 5) is 4.24. The van der Waals surface area contributed by atoms with Crippen molar-refractivity contribution >= 4 is 17.0 Å². The summed E-state index contributed by atoms with van der Waals surface area (Å²) in [6, 6.07) is 3.75. The fourth-order valence-electron chi connectivity index (χ4n) is 1.46. The summed E-state index contributed by atoms with van der Waals surface area (Å²) in [6.45, 7) is -0.699. The van der Waals surface area contributed by atoms with Crippen molar-refractivity contribution < 1.29 is 17.9 Å². The lowest BCUT2D eigenvalue weighted by Gasteiger charge is -2.08. The summed E-state index contributed by atoms with van der Waals surface area (Å²) in [5.74, 6) is -1.30.